The average molecular weight is 112 g/mol. The van der Waals surface area contributed by atoms with E-state index in [1.54, 1.807) is 0 Å². The van der Waals surface area contributed by atoms with Gasteiger partial charge in [-0.25, -0.2) is 0 Å². The summed E-state index contributed by atoms with van der Waals surface area (Å²) in [6.07, 6.45) is -0.562. The van der Waals surface area contributed by atoms with Gasteiger partial charge in [-0.3, -0.25) is 4.57 Å². The molecule has 5 heteroatoms. The van der Waals surface area contributed by atoms with Gasteiger partial charge in [0, 0.05) is 0 Å². The molecule has 0 unspecified atom stereocenters. The van der Waals surface area contributed by atoms with E-state index in [2.05, 4.69) is 5.73 Å². The molecule has 0 aromatic carbocycles. The van der Waals surface area contributed by atoms with Gasteiger partial charge in [0.15, 0.2) is 0 Å². The van der Waals surface area contributed by atoms with Gasteiger partial charge in [-0.05, 0) is 0 Å². The molecule has 0 heterocycles. The quantitative estimate of drug-likeness (QED) is 0.302. The van der Waals surface area contributed by atoms with Crippen LogP contribution < -0.4 is 5.73 Å². The highest BCUT2D eigenvalue weighted by Crippen LogP contribution is 2.30. The molecule has 0 rings (SSSR count). The molecule has 0 fully saturated rings. The van der Waals surface area contributed by atoms with Gasteiger partial charge >= 0.3 is 7.60 Å². The second kappa shape index (κ2) is 1.71. The molecular formula is CH6NO3P. The minimum Gasteiger partial charge on any atom is -0.324 e. The van der Waals surface area contributed by atoms with Gasteiger partial charge in [0.05, 0.1) is 6.29 Å². The lowest BCUT2D eigenvalue weighted by Gasteiger charge is -1.92. The largest absolute Gasteiger partial charge is 0.338 e. The van der Waals surface area contributed by atoms with Crippen LogP contribution in [0.2, 0.25) is 0 Å². The van der Waals surface area contributed by atoms with E-state index in [1.165, 1.54) is 0 Å². The van der Waals surface area contributed by atoms with E-state index in [0.717, 1.165) is 0 Å². The van der Waals surface area contributed by atoms with Gasteiger partial charge < -0.3 is 15.5 Å². The normalized spacial score (nSPS) is 11.8. The third kappa shape index (κ3) is 4.11. The van der Waals surface area contributed by atoms with Crippen molar-refractivity contribution in [3.63, 3.8) is 0 Å². The molecule has 0 aliphatic carbocycles. The first-order valence-corrected chi connectivity index (χ1v) is 3.10. The first kappa shape index (κ1) is 6.11. The van der Waals surface area contributed by atoms with E-state index >= 15 is 0 Å². The fraction of sp³-hybridized carbons (Fsp3) is 1.00. The van der Waals surface area contributed by atoms with Gasteiger partial charge in [0.1, 0.15) is 0 Å². The van der Waals surface area contributed by atoms with Gasteiger partial charge in [-0.2, -0.15) is 0 Å². The Hall–Kier alpha value is 0.110. The van der Waals surface area contributed by atoms with Crippen LogP contribution in [0.3, 0.4) is 0 Å². The van der Waals surface area contributed by atoms with Crippen LogP contribution >= 0.6 is 7.60 Å². The van der Waals surface area contributed by atoms with Gasteiger partial charge in [0.2, 0.25) is 0 Å². The first-order chi connectivity index (χ1) is 2.56. The van der Waals surface area contributed by atoms with Crippen LogP contribution in [-0.2, 0) is 4.57 Å². The van der Waals surface area contributed by atoms with Crippen molar-refractivity contribution in [2.24, 2.45) is 5.73 Å². The van der Waals surface area contributed by atoms with E-state index in [0.29, 0.717) is 0 Å². The number of nitrogens with two attached hydrogens (primary N) is 1. The fourth-order valence-electron chi connectivity index (χ4n) is 0. The van der Waals surface area contributed by atoms with Gasteiger partial charge in [0.25, 0.3) is 0 Å². The molecule has 0 saturated heterocycles. The standard InChI is InChI=1S/CH6NO3P/c2-1-6(3,4)5/h1-2H2,(H2,3,4,5)/i2+1. The van der Waals surface area contributed by atoms with Crippen LogP contribution in [-0.4, -0.2) is 16.1 Å². The molecule has 6 heavy (non-hydrogen) atoms. The van der Waals surface area contributed by atoms with Crippen molar-refractivity contribution >= 4 is 7.60 Å². The molecule has 0 aromatic rings. The van der Waals surface area contributed by atoms with Crippen LogP contribution in [0.15, 0.2) is 0 Å². The molecule has 0 bridgehead atoms. The molecule has 4 nitrogen and oxygen atoms in total. The van der Waals surface area contributed by atoms with Crippen molar-refractivity contribution in [1.29, 1.82) is 0 Å². The van der Waals surface area contributed by atoms with Crippen molar-refractivity contribution in [3.8, 4) is 0 Å². The molecular weight excluding hydrogens is 106 g/mol. The summed E-state index contributed by atoms with van der Waals surface area (Å²) in [6, 6.07) is 0. The van der Waals surface area contributed by atoms with Crippen LogP contribution in [0, 0.1) is 0 Å². The second-order valence-corrected chi connectivity index (χ2v) is 2.54. The summed E-state index contributed by atoms with van der Waals surface area (Å²) < 4.78 is 9.57. The molecule has 38 valence electrons. The summed E-state index contributed by atoms with van der Waals surface area (Å²) in [5.41, 5.74) is 4.54. The lowest BCUT2D eigenvalue weighted by atomic mass is 11.7. The van der Waals surface area contributed by atoms with E-state index in [-0.39, 0.29) is 0 Å². The number of hydrogen-bond acceptors (Lipinski definition) is 2. The predicted molar refractivity (Wildman–Crippen MR) is 21.1 cm³/mol. The van der Waals surface area contributed by atoms with Gasteiger partial charge in [-0.1, -0.05) is 0 Å². The molecule has 4 N–H and O–H groups in total. The van der Waals surface area contributed by atoms with Crippen molar-refractivity contribution in [2.75, 3.05) is 6.29 Å². The Morgan fingerprint density at radius 1 is 1.67 bits per heavy atom. The fourth-order valence-corrected chi connectivity index (χ4v) is 0. The van der Waals surface area contributed by atoms with Crippen LogP contribution in [0.25, 0.3) is 0 Å². The maximum Gasteiger partial charge on any atom is 0.338 e. The Morgan fingerprint density at radius 2 is 1.83 bits per heavy atom. The molecule has 0 saturated carbocycles. The maximum absolute atomic E-state index is 9.57. The lowest BCUT2D eigenvalue weighted by Crippen LogP contribution is -1.97. The Morgan fingerprint density at radius 3 is 1.83 bits per heavy atom. The monoisotopic (exact) mass is 112 g/mol. The molecule has 0 aliphatic rings. The average Bonchev–Trinajstić information content (AvgIpc) is 1.35. The lowest BCUT2D eigenvalue weighted by molar-refractivity contribution is 0.374. The minimum atomic E-state index is -3.87. The zero-order valence-corrected chi connectivity index (χ0v) is 3.93. The van der Waals surface area contributed by atoms with E-state index in [9.17, 15) is 4.57 Å². The Labute approximate surface area is 35.1 Å². The van der Waals surface area contributed by atoms with Crippen LogP contribution in [0.5, 0.6) is 0 Å². The molecule has 0 atom stereocenters. The molecule has 0 spiro atoms. The Kier molecular flexibility index (Phi) is 1.74. The van der Waals surface area contributed by atoms with E-state index < -0.39 is 13.9 Å². The molecule has 0 radical (unpaired) electrons. The van der Waals surface area contributed by atoms with Crippen molar-refractivity contribution < 1.29 is 14.4 Å². The summed E-state index contributed by atoms with van der Waals surface area (Å²) >= 11 is 0. The molecule has 0 amide bonds. The Balaban J connectivity index is 3.48. The SMILES string of the molecule is [15NH2]CP(=O)(O)O. The number of hydrogen-bond donors (Lipinski definition) is 3. The summed E-state index contributed by atoms with van der Waals surface area (Å²) in [5.74, 6) is 0. The zero-order valence-electron chi connectivity index (χ0n) is 3.03. The summed E-state index contributed by atoms with van der Waals surface area (Å²) in [4.78, 5) is 15.6. The highest BCUT2D eigenvalue weighted by Gasteiger charge is 2.05. The van der Waals surface area contributed by atoms with Crippen LogP contribution in [0.1, 0.15) is 0 Å². The van der Waals surface area contributed by atoms with E-state index in [4.69, 9.17) is 9.79 Å². The zero-order chi connectivity index (χ0) is 5.21. The van der Waals surface area contributed by atoms with Crippen molar-refractivity contribution in [3.05, 3.63) is 0 Å². The molecule has 0 aliphatic heterocycles. The van der Waals surface area contributed by atoms with Crippen LogP contribution in [0.4, 0.5) is 0 Å². The highest BCUT2D eigenvalue weighted by molar-refractivity contribution is 7.51. The van der Waals surface area contributed by atoms with E-state index in [1.807, 2.05) is 0 Å². The topological polar surface area (TPSA) is 83.6 Å². The Bertz CT molecular complexity index is 74.9. The van der Waals surface area contributed by atoms with Gasteiger partial charge in [-0.15, -0.1) is 0 Å². The highest BCUT2D eigenvalue weighted by atomic mass is 31.2. The molecule has 0 aromatic heterocycles. The van der Waals surface area contributed by atoms with Crippen molar-refractivity contribution in [2.45, 2.75) is 0 Å². The predicted octanol–water partition coefficient (Wildman–Crippen LogP) is -0.920. The smallest absolute Gasteiger partial charge is 0.324 e. The van der Waals surface area contributed by atoms with Crippen molar-refractivity contribution in [1.82, 2.24) is 0 Å². The summed E-state index contributed by atoms with van der Waals surface area (Å²) in [7, 11) is -3.87. The third-order valence-corrected chi connectivity index (χ3v) is 0.714. The summed E-state index contributed by atoms with van der Waals surface area (Å²) in [6.45, 7) is 0. The number of rotatable bonds is 1. The maximum atomic E-state index is 9.57. The first-order valence-electron chi connectivity index (χ1n) is 1.31. The minimum absolute atomic E-state index is 0.562. The summed E-state index contributed by atoms with van der Waals surface area (Å²) in [5, 5.41) is 0. The second-order valence-electron chi connectivity index (χ2n) is 0.847. The third-order valence-electron chi connectivity index (χ3n) is 0.238.